The van der Waals surface area contributed by atoms with Crippen LogP contribution in [0.25, 0.3) is 6.08 Å². The van der Waals surface area contributed by atoms with Crippen molar-refractivity contribution >= 4 is 27.8 Å². The van der Waals surface area contributed by atoms with E-state index in [1.807, 2.05) is 19.1 Å². The number of ketones is 1. The number of hydrogen-bond acceptors (Lipinski definition) is 1. The predicted octanol–water partition coefficient (Wildman–Crippen LogP) is 4.79. The van der Waals surface area contributed by atoms with Crippen molar-refractivity contribution in [3.05, 3.63) is 75.5 Å². The Hall–Kier alpha value is -1.74. The van der Waals surface area contributed by atoms with E-state index in [4.69, 9.17) is 0 Å². The van der Waals surface area contributed by atoms with Crippen molar-refractivity contribution < 1.29 is 9.18 Å². The van der Waals surface area contributed by atoms with E-state index >= 15 is 0 Å². The fraction of sp³-hybridized carbons (Fsp3) is 0.0625. The summed E-state index contributed by atoms with van der Waals surface area (Å²) in [5, 5.41) is 0. The zero-order chi connectivity index (χ0) is 13.8. The Balaban J connectivity index is 2.15. The largest absolute Gasteiger partial charge is 0.289 e. The molecule has 2 rings (SSSR count). The highest BCUT2D eigenvalue weighted by molar-refractivity contribution is 9.10. The topological polar surface area (TPSA) is 17.1 Å². The number of rotatable bonds is 3. The van der Waals surface area contributed by atoms with E-state index in [1.165, 1.54) is 12.1 Å². The molecule has 0 amide bonds. The van der Waals surface area contributed by atoms with Crippen LogP contribution in [0.1, 0.15) is 21.5 Å². The van der Waals surface area contributed by atoms with Crippen LogP contribution in [0.3, 0.4) is 0 Å². The molecule has 2 aromatic rings. The molecule has 0 saturated heterocycles. The van der Waals surface area contributed by atoms with E-state index in [0.717, 1.165) is 11.1 Å². The quantitative estimate of drug-likeness (QED) is 0.587. The third-order valence-corrected chi connectivity index (χ3v) is 3.31. The van der Waals surface area contributed by atoms with Crippen molar-refractivity contribution in [2.75, 3.05) is 0 Å². The summed E-state index contributed by atoms with van der Waals surface area (Å²) < 4.78 is 13.4. The third-order valence-electron chi connectivity index (χ3n) is 2.71. The van der Waals surface area contributed by atoms with Gasteiger partial charge in [-0.1, -0.05) is 42.0 Å². The first kappa shape index (κ1) is 13.7. The first-order chi connectivity index (χ1) is 9.06. The Morgan fingerprint density at radius 3 is 2.47 bits per heavy atom. The van der Waals surface area contributed by atoms with E-state index in [-0.39, 0.29) is 11.6 Å². The van der Waals surface area contributed by atoms with Crippen LogP contribution in [0.2, 0.25) is 0 Å². The summed E-state index contributed by atoms with van der Waals surface area (Å²) >= 11 is 3.11. The molecule has 1 nitrogen and oxygen atoms in total. The van der Waals surface area contributed by atoms with E-state index in [2.05, 4.69) is 15.9 Å². The first-order valence-corrected chi connectivity index (χ1v) is 6.60. The Morgan fingerprint density at radius 2 is 1.84 bits per heavy atom. The maximum Gasteiger partial charge on any atom is 0.185 e. The summed E-state index contributed by atoms with van der Waals surface area (Å²) in [6.45, 7) is 1.97. The van der Waals surface area contributed by atoms with Crippen LogP contribution < -0.4 is 0 Å². The molecule has 0 bridgehead atoms. The number of carbonyl (C=O) groups is 1. The summed E-state index contributed by atoms with van der Waals surface area (Å²) in [4.78, 5) is 11.9. The van der Waals surface area contributed by atoms with Crippen molar-refractivity contribution in [3.8, 4) is 0 Å². The molecule has 19 heavy (non-hydrogen) atoms. The van der Waals surface area contributed by atoms with Gasteiger partial charge < -0.3 is 0 Å². The molecule has 0 saturated carbocycles. The lowest BCUT2D eigenvalue weighted by Gasteiger charge is -1.98. The predicted molar refractivity (Wildman–Crippen MR) is 78.6 cm³/mol. The van der Waals surface area contributed by atoms with Gasteiger partial charge in [-0.2, -0.15) is 0 Å². The van der Waals surface area contributed by atoms with E-state index in [0.29, 0.717) is 10.0 Å². The zero-order valence-electron chi connectivity index (χ0n) is 10.4. The lowest BCUT2D eigenvalue weighted by molar-refractivity contribution is 0.104. The zero-order valence-corrected chi connectivity index (χ0v) is 11.9. The Kier molecular flexibility index (Phi) is 4.27. The minimum absolute atomic E-state index is 0.0690. The second-order valence-corrected chi connectivity index (χ2v) is 5.09. The number of allylic oxidation sites excluding steroid dienone is 1. The van der Waals surface area contributed by atoms with Gasteiger partial charge in [0.1, 0.15) is 5.82 Å². The second-order valence-electron chi connectivity index (χ2n) is 4.24. The molecule has 0 spiro atoms. The normalized spacial score (nSPS) is 10.9. The van der Waals surface area contributed by atoms with Crippen LogP contribution in [0, 0.1) is 12.7 Å². The molecule has 0 atom stereocenters. The van der Waals surface area contributed by atoms with Crippen molar-refractivity contribution in [1.29, 1.82) is 0 Å². The Morgan fingerprint density at radius 1 is 1.16 bits per heavy atom. The lowest BCUT2D eigenvalue weighted by atomic mass is 10.1. The van der Waals surface area contributed by atoms with Crippen LogP contribution in [0.4, 0.5) is 4.39 Å². The van der Waals surface area contributed by atoms with Gasteiger partial charge >= 0.3 is 0 Å². The van der Waals surface area contributed by atoms with Crippen LogP contribution in [0.15, 0.2) is 53.0 Å². The summed E-state index contributed by atoms with van der Waals surface area (Å²) in [6, 6.07) is 12.0. The summed E-state index contributed by atoms with van der Waals surface area (Å²) in [5.41, 5.74) is 2.53. The summed E-state index contributed by atoms with van der Waals surface area (Å²) in [7, 11) is 0. The van der Waals surface area contributed by atoms with Gasteiger partial charge in [0.2, 0.25) is 0 Å². The molecule has 0 aliphatic heterocycles. The van der Waals surface area contributed by atoms with E-state index < -0.39 is 0 Å². The second kappa shape index (κ2) is 5.93. The van der Waals surface area contributed by atoms with Crippen LogP contribution in [-0.2, 0) is 0 Å². The molecule has 0 heterocycles. The maximum absolute atomic E-state index is 13.1. The van der Waals surface area contributed by atoms with Gasteiger partial charge in [0, 0.05) is 5.56 Å². The van der Waals surface area contributed by atoms with Crippen molar-refractivity contribution in [2.24, 2.45) is 0 Å². The average Bonchev–Trinajstić information content (AvgIpc) is 2.40. The summed E-state index contributed by atoms with van der Waals surface area (Å²) in [6.07, 6.45) is 3.16. The number of benzene rings is 2. The number of aryl methyl sites for hydroxylation is 1. The molecule has 96 valence electrons. The maximum atomic E-state index is 13.1. The van der Waals surface area contributed by atoms with E-state index in [1.54, 1.807) is 30.3 Å². The van der Waals surface area contributed by atoms with Gasteiger partial charge in [0.15, 0.2) is 5.78 Å². The van der Waals surface area contributed by atoms with Gasteiger partial charge in [-0.3, -0.25) is 4.79 Å². The standard InChI is InChI=1S/C16H12BrFO/c1-11-2-6-13(7-3-11)16(19)9-5-12-4-8-15(18)14(17)10-12/h2-10H,1H3. The number of carbonyl (C=O) groups excluding carboxylic acids is 1. The van der Waals surface area contributed by atoms with Crippen molar-refractivity contribution in [3.63, 3.8) is 0 Å². The SMILES string of the molecule is Cc1ccc(C(=O)C=Cc2ccc(F)c(Br)c2)cc1. The highest BCUT2D eigenvalue weighted by atomic mass is 79.9. The molecule has 2 aromatic carbocycles. The molecule has 0 N–H and O–H groups in total. The molecule has 0 aliphatic rings. The van der Waals surface area contributed by atoms with Gasteiger partial charge in [0.05, 0.1) is 4.47 Å². The van der Waals surface area contributed by atoms with Crippen LogP contribution in [0.5, 0.6) is 0 Å². The highest BCUT2D eigenvalue weighted by Crippen LogP contribution is 2.18. The molecule has 0 aliphatic carbocycles. The third kappa shape index (κ3) is 3.61. The van der Waals surface area contributed by atoms with Gasteiger partial charge in [-0.05, 0) is 46.6 Å². The lowest BCUT2D eigenvalue weighted by Crippen LogP contribution is -1.93. The average molecular weight is 319 g/mol. The summed E-state index contributed by atoms with van der Waals surface area (Å²) in [5.74, 6) is -0.387. The molecule has 0 aromatic heterocycles. The monoisotopic (exact) mass is 318 g/mol. The van der Waals surface area contributed by atoms with Crippen LogP contribution >= 0.6 is 15.9 Å². The minimum atomic E-state index is -0.318. The minimum Gasteiger partial charge on any atom is -0.289 e. The van der Waals surface area contributed by atoms with Gasteiger partial charge in [0.25, 0.3) is 0 Å². The molecule has 0 unspecified atom stereocenters. The molecule has 0 fully saturated rings. The number of halogens is 2. The van der Waals surface area contributed by atoms with Crippen LogP contribution in [-0.4, -0.2) is 5.78 Å². The molecule has 3 heteroatoms. The molecule has 0 radical (unpaired) electrons. The Labute approximate surface area is 119 Å². The van der Waals surface area contributed by atoms with Gasteiger partial charge in [-0.25, -0.2) is 4.39 Å². The first-order valence-electron chi connectivity index (χ1n) is 5.80. The van der Waals surface area contributed by atoms with Crippen molar-refractivity contribution in [2.45, 2.75) is 6.92 Å². The fourth-order valence-electron chi connectivity index (χ4n) is 1.60. The molecular weight excluding hydrogens is 307 g/mol. The fourth-order valence-corrected chi connectivity index (χ4v) is 2.00. The van der Waals surface area contributed by atoms with Crippen molar-refractivity contribution in [1.82, 2.24) is 0 Å². The highest BCUT2D eigenvalue weighted by Gasteiger charge is 2.02. The smallest absolute Gasteiger partial charge is 0.185 e. The Bertz CT molecular complexity index is 630. The number of hydrogen-bond donors (Lipinski definition) is 0. The van der Waals surface area contributed by atoms with E-state index in [9.17, 15) is 9.18 Å². The van der Waals surface area contributed by atoms with Gasteiger partial charge in [-0.15, -0.1) is 0 Å². The molecular formula is C16H12BrFO.